The molecule has 0 fully saturated rings. The van der Waals surface area contributed by atoms with E-state index < -0.39 is 0 Å². The molecule has 14 heavy (non-hydrogen) atoms. The highest BCUT2D eigenvalue weighted by Crippen LogP contribution is 1.79. The van der Waals surface area contributed by atoms with Crippen LogP contribution in [0, 0.1) is 0 Å². The number of carbonyl (C=O) groups excluding carboxylic acids is 2. The van der Waals surface area contributed by atoms with Crippen molar-refractivity contribution in [2.75, 3.05) is 33.0 Å². The Bertz CT molecular complexity index is 162. The van der Waals surface area contributed by atoms with Crippen molar-refractivity contribution in [1.82, 2.24) is 5.32 Å². The molecule has 0 heterocycles. The van der Waals surface area contributed by atoms with Crippen LogP contribution in [-0.2, 0) is 19.1 Å². The first-order valence-electron chi connectivity index (χ1n) is 4.52. The predicted octanol–water partition coefficient (Wildman–Crippen LogP) is -0.255. The highest BCUT2D eigenvalue weighted by molar-refractivity contribution is 5.76. The zero-order chi connectivity index (χ0) is 10.8. The average molecular weight is 203 g/mol. The van der Waals surface area contributed by atoms with Gasteiger partial charge in [-0.1, -0.05) is 0 Å². The highest BCUT2D eigenvalue weighted by atomic mass is 16.5. The average Bonchev–Trinajstić information content (AvgIpc) is 2.08. The second-order valence-electron chi connectivity index (χ2n) is 2.85. The van der Waals surface area contributed by atoms with Crippen LogP contribution in [0.5, 0.6) is 0 Å². The molecule has 0 aromatic carbocycles. The summed E-state index contributed by atoms with van der Waals surface area (Å²) in [6.07, 6.45) is 0. The Morgan fingerprint density at radius 3 is 2.29 bits per heavy atom. The van der Waals surface area contributed by atoms with Gasteiger partial charge in [0.05, 0.1) is 19.8 Å². The third kappa shape index (κ3) is 11.1. The Hall–Kier alpha value is -0.940. The Labute approximate surface area is 83.8 Å². The van der Waals surface area contributed by atoms with Crippen LogP contribution in [0.3, 0.4) is 0 Å². The minimum Gasteiger partial charge on any atom is -0.377 e. The van der Waals surface area contributed by atoms with Crippen LogP contribution in [0.25, 0.3) is 0 Å². The number of ether oxygens (including phenoxy) is 2. The van der Waals surface area contributed by atoms with Gasteiger partial charge in [-0.25, -0.2) is 0 Å². The summed E-state index contributed by atoms with van der Waals surface area (Å²) in [7, 11) is 0. The number of ketones is 1. The molecule has 0 unspecified atom stereocenters. The molecule has 0 saturated heterocycles. The number of rotatable bonds is 8. The summed E-state index contributed by atoms with van der Waals surface area (Å²) < 4.78 is 10.1. The van der Waals surface area contributed by atoms with Gasteiger partial charge in [0.1, 0.15) is 6.61 Å². The van der Waals surface area contributed by atoms with E-state index in [4.69, 9.17) is 9.47 Å². The van der Waals surface area contributed by atoms with Gasteiger partial charge in [0.2, 0.25) is 5.91 Å². The first-order chi connectivity index (χ1) is 6.63. The molecule has 82 valence electrons. The highest BCUT2D eigenvalue weighted by Gasteiger charge is 1.93. The molecule has 0 bridgehead atoms. The zero-order valence-electron chi connectivity index (χ0n) is 8.67. The molecule has 0 aliphatic rings. The van der Waals surface area contributed by atoms with Gasteiger partial charge in [-0.2, -0.15) is 0 Å². The Balaban J connectivity index is 2.99. The SMILES string of the molecule is CC(=O)COCCOCCNC(C)=O. The fourth-order valence-corrected chi connectivity index (χ4v) is 0.735. The third-order valence-corrected chi connectivity index (χ3v) is 1.30. The van der Waals surface area contributed by atoms with E-state index in [0.717, 1.165) is 0 Å². The molecule has 0 atom stereocenters. The van der Waals surface area contributed by atoms with Crippen molar-refractivity contribution in [2.45, 2.75) is 13.8 Å². The van der Waals surface area contributed by atoms with Crippen LogP contribution < -0.4 is 5.32 Å². The van der Waals surface area contributed by atoms with E-state index in [1.54, 1.807) is 0 Å². The van der Waals surface area contributed by atoms with Crippen molar-refractivity contribution in [3.8, 4) is 0 Å². The van der Waals surface area contributed by atoms with Crippen LogP contribution in [0.4, 0.5) is 0 Å². The van der Waals surface area contributed by atoms with Crippen molar-refractivity contribution < 1.29 is 19.1 Å². The van der Waals surface area contributed by atoms with Gasteiger partial charge in [-0.3, -0.25) is 9.59 Å². The summed E-state index contributed by atoms with van der Waals surface area (Å²) in [5.74, 6) is -0.0651. The standard InChI is InChI=1S/C9H17NO4/c1-8(11)7-14-6-5-13-4-3-10-9(2)12/h3-7H2,1-2H3,(H,10,12). The first-order valence-corrected chi connectivity index (χ1v) is 4.52. The van der Waals surface area contributed by atoms with Crippen molar-refractivity contribution >= 4 is 11.7 Å². The second kappa shape index (κ2) is 8.65. The summed E-state index contributed by atoms with van der Waals surface area (Å²) in [5, 5.41) is 2.60. The van der Waals surface area contributed by atoms with Crippen molar-refractivity contribution in [1.29, 1.82) is 0 Å². The summed E-state index contributed by atoms with van der Waals surface area (Å²) in [4.78, 5) is 20.9. The smallest absolute Gasteiger partial charge is 0.216 e. The summed E-state index contributed by atoms with van der Waals surface area (Å²) >= 11 is 0. The molecule has 0 aromatic heterocycles. The van der Waals surface area contributed by atoms with Gasteiger partial charge >= 0.3 is 0 Å². The number of Topliss-reactive ketones (excluding diaryl/α,β-unsaturated/α-hetero) is 1. The number of nitrogens with one attached hydrogen (secondary N) is 1. The van der Waals surface area contributed by atoms with E-state index in [0.29, 0.717) is 26.4 Å². The predicted molar refractivity (Wildman–Crippen MR) is 51.0 cm³/mol. The van der Waals surface area contributed by atoms with Crippen molar-refractivity contribution in [2.24, 2.45) is 0 Å². The van der Waals surface area contributed by atoms with E-state index in [2.05, 4.69) is 5.32 Å². The third-order valence-electron chi connectivity index (χ3n) is 1.30. The van der Waals surface area contributed by atoms with Crippen molar-refractivity contribution in [3.05, 3.63) is 0 Å². The maximum Gasteiger partial charge on any atom is 0.216 e. The number of hydrogen-bond acceptors (Lipinski definition) is 4. The lowest BCUT2D eigenvalue weighted by Gasteiger charge is -2.04. The largest absolute Gasteiger partial charge is 0.377 e. The van der Waals surface area contributed by atoms with E-state index in [1.165, 1.54) is 13.8 Å². The normalized spacial score (nSPS) is 9.86. The van der Waals surface area contributed by atoms with E-state index in [-0.39, 0.29) is 18.3 Å². The molecular weight excluding hydrogens is 186 g/mol. The maximum absolute atomic E-state index is 10.4. The summed E-state index contributed by atoms with van der Waals surface area (Å²) in [6.45, 7) is 4.86. The van der Waals surface area contributed by atoms with Gasteiger partial charge in [0.15, 0.2) is 5.78 Å². The Morgan fingerprint density at radius 2 is 1.71 bits per heavy atom. The fraction of sp³-hybridized carbons (Fsp3) is 0.778. The first kappa shape index (κ1) is 13.1. The van der Waals surface area contributed by atoms with Crippen LogP contribution >= 0.6 is 0 Å². The Kier molecular flexibility index (Phi) is 8.07. The van der Waals surface area contributed by atoms with Crippen LogP contribution in [0.15, 0.2) is 0 Å². The van der Waals surface area contributed by atoms with E-state index in [1.807, 2.05) is 0 Å². The topological polar surface area (TPSA) is 64.6 Å². The van der Waals surface area contributed by atoms with Gasteiger partial charge in [-0.15, -0.1) is 0 Å². The van der Waals surface area contributed by atoms with Crippen LogP contribution in [-0.4, -0.2) is 44.7 Å². The monoisotopic (exact) mass is 203 g/mol. The van der Waals surface area contributed by atoms with Gasteiger partial charge in [0.25, 0.3) is 0 Å². The molecule has 1 amide bonds. The molecule has 1 N–H and O–H groups in total. The molecule has 0 saturated carbocycles. The van der Waals surface area contributed by atoms with Gasteiger partial charge in [0, 0.05) is 13.5 Å². The molecule has 0 spiro atoms. The number of hydrogen-bond donors (Lipinski definition) is 1. The van der Waals surface area contributed by atoms with E-state index >= 15 is 0 Å². The maximum atomic E-state index is 10.4. The molecular formula is C9H17NO4. The lowest BCUT2D eigenvalue weighted by molar-refractivity contribution is -0.122. The number of amides is 1. The molecule has 0 aliphatic carbocycles. The zero-order valence-corrected chi connectivity index (χ0v) is 8.67. The summed E-state index contributed by atoms with van der Waals surface area (Å²) in [6, 6.07) is 0. The molecule has 0 aromatic rings. The molecule has 0 rings (SSSR count). The number of carbonyl (C=O) groups is 2. The fourth-order valence-electron chi connectivity index (χ4n) is 0.735. The van der Waals surface area contributed by atoms with Gasteiger partial charge in [-0.05, 0) is 6.92 Å². The second-order valence-corrected chi connectivity index (χ2v) is 2.85. The molecule has 5 heteroatoms. The lowest BCUT2D eigenvalue weighted by Crippen LogP contribution is -2.25. The van der Waals surface area contributed by atoms with Crippen LogP contribution in [0.2, 0.25) is 0 Å². The van der Waals surface area contributed by atoms with Crippen molar-refractivity contribution in [3.63, 3.8) is 0 Å². The molecule has 0 radical (unpaired) electrons. The Morgan fingerprint density at radius 1 is 1.07 bits per heavy atom. The quantitative estimate of drug-likeness (QED) is 0.552. The minimum atomic E-state index is -0.0681. The van der Waals surface area contributed by atoms with Gasteiger partial charge < -0.3 is 14.8 Å². The summed E-state index contributed by atoms with van der Waals surface area (Å²) in [5.41, 5.74) is 0. The minimum absolute atomic E-state index is 0.00301. The lowest BCUT2D eigenvalue weighted by atomic mass is 10.5. The molecule has 5 nitrogen and oxygen atoms in total. The van der Waals surface area contributed by atoms with E-state index in [9.17, 15) is 9.59 Å². The van der Waals surface area contributed by atoms with Crippen LogP contribution in [0.1, 0.15) is 13.8 Å². The molecule has 0 aliphatic heterocycles.